The molecule has 214 valence electrons. The van der Waals surface area contributed by atoms with Gasteiger partial charge in [0.25, 0.3) is 0 Å². The molecule has 0 spiro atoms. The molecule has 0 fully saturated rings. The summed E-state index contributed by atoms with van der Waals surface area (Å²) in [6.07, 6.45) is 30.4. The lowest BCUT2D eigenvalue weighted by molar-refractivity contribution is 0.886. The second kappa shape index (κ2) is 23.1. The zero-order valence-corrected chi connectivity index (χ0v) is 27.4. The van der Waals surface area contributed by atoms with Crippen LogP contribution in [0, 0.1) is 5.69 Å². The van der Waals surface area contributed by atoms with Crippen molar-refractivity contribution in [3.63, 3.8) is 0 Å². The molecule has 0 N–H and O–H groups in total. The summed E-state index contributed by atoms with van der Waals surface area (Å²) in [5.74, 6) is 0. The molecular weight excluding hydrogens is 476 g/mol. The molecule has 0 aliphatic carbocycles. The molecule has 0 saturated carbocycles. The molecule has 0 aromatic carbocycles. The van der Waals surface area contributed by atoms with Gasteiger partial charge in [-0.1, -0.05) is 88.5 Å². The van der Waals surface area contributed by atoms with E-state index in [1.54, 1.807) is 0 Å². The summed E-state index contributed by atoms with van der Waals surface area (Å²) in [5.41, 5.74) is 16.4. The van der Waals surface area contributed by atoms with Gasteiger partial charge in [0.15, 0.2) is 0 Å². The Bertz CT molecular complexity index is 916. The van der Waals surface area contributed by atoms with Crippen molar-refractivity contribution in [2.45, 2.75) is 145 Å². The zero-order chi connectivity index (χ0) is 28.8. The third-order valence-corrected chi connectivity index (χ3v) is 7.99. The molecule has 0 bridgehead atoms. The second-order valence-corrected chi connectivity index (χ2v) is 12.3. The van der Waals surface area contributed by atoms with Crippen LogP contribution in [0.4, 0.5) is 0 Å². The van der Waals surface area contributed by atoms with Gasteiger partial charge in [-0.3, -0.25) is 0 Å². The quantitative estimate of drug-likeness (QED) is 0.144. The summed E-state index contributed by atoms with van der Waals surface area (Å²) in [6.45, 7) is 20.1. The van der Waals surface area contributed by atoms with Crippen LogP contribution in [0.25, 0.3) is 0 Å². The Kier molecular flexibility index (Phi) is 22.0. The molecule has 0 amide bonds. The smallest absolute Gasteiger partial charge is 0.0529 e. The van der Waals surface area contributed by atoms with E-state index in [4.69, 9.17) is 5.69 Å². The van der Waals surface area contributed by atoms with E-state index in [1.165, 1.54) is 75.9 Å². The van der Waals surface area contributed by atoms with E-state index >= 15 is 0 Å². The minimum absolute atomic E-state index is 0.384. The van der Waals surface area contributed by atoms with Crippen LogP contribution in [0.3, 0.4) is 0 Å². The first-order valence-corrected chi connectivity index (χ1v) is 16.0. The average Bonchev–Trinajstić information content (AvgIpc) is 2.84. The fraction of sp³-hybridized carbons (Fsp3) is 0.595. The van der Waals surface area contributed by atoms with Crippen LogP contribution in [0.1, 0.15) is 139 Å². The summed E-state index contributed by atoms with van der Waals surface area (Å²) >= 11 is 1.49. The molecule has 0 aliphatic heterocycles. The third-order valence-electron chi connectivity index (χ3n) is 7.10. The van der Waals surface area contributed by atoms with E-state index in [0.29, 0.717) is 5.25 Å². The van der Waals surface area contributed by atoms with E-state index < -0.39 is 0 Å². The molecule has 0 aromatic heterocycles. The molecule has 1 unspecified atom stereocenters. The summed E-state index contributed by atoms with van der Waals surface area (Å²) < 4.78 is 0. The van der Waals surface area contributed by atoms with Crippen LogP contribution >= 0.6 is 11.2 Å². The minimum atomic E-state index is 0.384. The molecule has 0 saturated heterocycles. The Hall–Kier alpha value is -1.82. The van der Waals surface area contributed by atoms with Crippen molar-refractivity contribution in [2.75, 3.05) is 0 Å². The maximum absolute atomic E-state index is 6.03. The lowest BCUT2D eigenvalue weighted by Crippen LogP contribution is -2.00. The first-order chi connectivity index (χ1) is 18.1. The number of allylic oxidation sites excluding steroid dienone is 13. The van der Waals surface area contributed by atoms with Crippen molar-refractivity contribution in [2.24, 2.45) is 0 Å². The molecule has 1 atom stereocenters. The second-order valence-electron chi connectivity index (χ2n) is 11.4. The topological polar surface area (TPSA) is 0 Å². The van der Waals surface area contributed by atoms with Crippen LogP contribution in [0.2, 0.25) is 0 Å². The van der Waals surface area contributed by atoms with Gasteiger partial charge in [0.2, 0.25) is 0 Å². The fourth-order valence-electron chi connectivity index (χ4n) is 4.40. The van der Waals surface area contributed by atoms with Gasteiger partial charge in [-0.2, -0.15) is 0 Å². The average molecular weight is 537 g/mol. The van der Waals surface area contributed by atoms with Crippen LogP contribution in [-0.2, 0) is 0 Å². The Balaban J connectivity index is 4.40. The van der Waals surface area contributed by atoms with Crippen LogP contribution in [-0.4, -0.2) is 5.25 Å². The summed E-state index contributed by atoms with van der Waals surface area (Å²) in [5, 5.41) is 0.384. The van der Waals surface area contributed by atoms with E-state index in [9.17, 15) is 0 Å². The first kappa shape index (κ1) is 36.2. The van der Waals surface area contributed by atoms with Gasteiger partial charge >= 0.3 is 0 Å². The molecule has 0 aliphatic rings. The highest BCUT2D eigenvalue weighted by Crippen LogP contribution is 2.20. The number of hydrogen-bond acceptors (Lipinski definition) is 0. The van der Waals surface area contributed by atoms with Gasteiger partial charge in [0.05, 0.1) is 5.25 Å². The Morgan fingerprint density at radius 1 is 0.526 bits per heavy atom. The standard InChI is InChI=1S/C37H60S/c1-11-17-31(4)26-16-27-36(9)37(38-10)29-28-35(8)25-15-24-34(7)23-14-22-33(6)21-13-20-32(5)19-12-18-30(2)3/h10,17-18,20,22,24,27-28,37H,11-16,19,21,23,25-26,29H2,1-9H3/b31-17+,32-20+,33-22+,34-24+,35-28+,36-27+. The molecule has 0 nitrogen and oxygen atoms in total. The van der Waals surface area contributed by atoms with Crippen molar-refractivity contribution in [3.8, 4) is 5.69 Å². The van der Waals surface area contributed by atoms with E-state index in [-0.39, 0.29) is 0 Å². The van der Waals surface area contributed by atoms with Gasteiger partial charge in [0.1, 0.15) is 0 Å². The maximum atomic E-state index is 6.03. The van der Waals surface area contributed by atoms with Crippen molar-refractivity contribution < 1.29 is 0 Å². The van der Waals surface area contributed by atoms with Crippen LogP contribution in [0.15, 0.2) is 81.5 Å². The molecule has 1 heteroatoms. The monoisotopic (exact) mass is 536 g/mol. The Morgan fingerprint density at radius 3 is 1.29 bits per heavy atom. The predicted molar refractivity (Wildman–Crippen MR) is 179 cm³/mol. The van der Waals surface area contributed by atoms with Crippen molar-refractivity contribution in [3.05, 3.63) is 81.5 Å². The molecular formula is C37H60S. The van der Waals surface area contributed by atoms with Gasteiger partial charge in [-0.05, 0) is 132 Å². The summed E-state index contributed by atoms with van der Waals surface area (Å²) in [6, 6.07) is 0. The highest BCUT2D eigenvalue weighted by atomic mass is 32.1. The van der Waals surface area contributed by atoms with Crippen LogP contribution < -0.4 is 0 Å². The van der Waals surface area contributed by atoms with Gasteiger partial charge in [-0.25, -0.2) is 0 Å². The Morgan fingerprint density at radius 2 is 0.895 bits per heavy atom. The first-order valence-electron chi connectivity index (χ1n) is 15.0. The highest BCUT2D eigenvalue weighted by Gasteiger charge is 2.06. The molecule has 0 radical (unpaired) electrons. The third kappa shape index (κ3) is 21.2. The molecule has 0 rings (SSSR count). The van der Waals surface area contributed by atoms with Gasteiger partial charge < -0.3 is 0 Å². The van der Waals surface area contributed by atoms with E-state index in [0.717, 1.165) is 51.4 Å². The largest absolute Gasteiger partial charge is 0.130 e. The van der Waals surface area contributed by atoms with Crippen molar-refractivity contribution in [1.82, 2.24) is 0 Å². The van der Waals surface area contributed by atoms with Gasteiger partial charge in [0, 0.05) is 0 Å². The van der Waals surface area contributed by atoms with Crippen molar-refractivity contribution in [1.29, 1.82) is 0 Å². The molecule has 38 heavy (non-hydrogen) atoms. The van der Waals surface area contributed by atoms with E-state index in [1.807, 2.05) is 0 Å². The normalized spacial score (nSPS) is 15.1. The van der Waals surface area contributed by atoms with E-state index in [2.05, 4.69) is 105 Å². The SMILES string of the molecule is C#SC(C/C=C(\C)CC/C=C(\C)CC/C=C(\C)CC/C=C(\C)CCC=C(C)C)/C(C)=C/CC/C(C)=C/CC. The fourth-order valence-corrected chi connectivity index (χ4v) is 4.92. The molecule has 0 aromatic rings. The Labute approximate surface area is 242 Å². The number of rotatable bonds is 19. The minimum Gasteiger partial charge on any atom is -0.130 e. The van der Waals surface area contributed by atoms with Crippen molar-refractivity contribution >= 4 is 11.2 Å². The lowest BCUT2D eigenvalue weighted by Gasteiger charge is -2.10. The lowest BCUT2D eigenvalue weighted by atomic mass is 10.0. The molecule has 0 heterocycles. The summed E-state index contributed by atoms with van der Waals surface area (Å²) in [7, 11) is 0. The number of hydrogen-bond donors (Lipinski definition) is 0. The predicted octanol–water partition coefficient (Wildman–Crippen LogP) is 13.0. The highest BCUT2D eigenvalue weighted by molar-refractivity contribution is 7.89. The summed E-state index contributed by atoms with van der Waals surface area (Å²) in [4.78, 5) is 0. The maximum Gasteiger partial charge on any atom is 0.0529 e. The van der Waals surface area contributed by atoms with Crippen LogP contribution in [0.5, 0.6) is 0 Å². The van der Waals surface area contributed by atoms with Gasteiger partial charge in [-0.15, -0.1) is 16.9 Å². The zero-order valence-electron chi connectivity index (χ0n) is 26.6.